The molecule has 0 aromatic heterocycles. The van der Waals surface area contributed by atoms with Gasteiger partial charge in [-0.2, -0.15) is 8.42 Å². The van der Waals surface area contributed by atoms with E-state index in [1.807, 2.05) is 60.2 Å². The first-order chi connectivity index (χ1) is 40.0. The maximum absolute atomic E-state index is 14.4. The number of fused-ring (bicyclic) bond motifs is 6. The quantitative estimate of drug-likeness (QED) is 0.0276. The van der Waals surface area contributed by atoms with Crippen LogP contribution in [0.3, 0.4) is 0 Å². The lowest BCUT2D eigenvalue weighted by molar-refractivity contribution is -0.117. The minimum Gasteiger partial charge on any atom is -0.493 e. The molecule has 0 spiro atoms. The molecule has 3 N–H and O–H groups in total. The van der Waals surface area contributed by atoms with Crippen LogP contribution in [0.25, 0.3) is 0 Å². The SMILES string of the molecule is COCCOCCOCCN(CC(C)(C)SSCCC(C(=O)CN)S(=O)(=O)OC)c1cc(COc2cc3c(cc2C)C(=O)N2Cc4ccccc4C[C@H]2CN3C)cc(COc2cc3c(cc2OC)C(=O)N2Cc4ccccc4C[C@H]2CN3)c1. The first-order valence-corrected chi connectivity index (χ1v) is 32.0. The van der Waals surface area contributed by atoms with Crippen LogP contribution in [0.15, 0.2) is 91.0 Å². The Morgan fingerprint density at radius 3 is 2.04 bits per heavy atom. The average molecular weight is 1200 g/mol. The molecule has 1 unspecified atom stereocenters. The number of nitrogens with one attached hydrogen (secondary N) is 1. The lowest BCUT2D eigenvalue weighted by atomic mass is 9.93. The normalized spacial score (nSPS) is 16.9. The van der Waals surface area contributed by atoms with Gasteiger partial charge in [-0.15, -0.1) is 0 Å². The van der Waals surface area contributed by atoms with Gasteiger partial charge in [-0.3, -0.25) is 18.6 Å². The summed E-state index contributed by atoms with van der Waals surface area (Å²) in [6.45, 7) is 11.6. The summed E-state index contributed by atoms with van der Waals surface area (Å²) in [6.07, 6.45) is 1.59. The second-order valence-electron chi connectivity index (χ2n) is 22.1. The van der Waals surface area contributed by atoms with Gasteiger partial charge < -0.3 is 59.1 Å². The van der Waals surface area contributed by atoms with Crippen LogP contribution < -0.4 is 35.1 Å². The van der Waals surface area contributed by atoms with Crippen molar-refractivity contribution in [2.75, 3.05) is 115 Å². The van der Waals surface area contributed by atoms with Crippen molar-refractivity contribution in [2.24, 2.45) is 5.73 Å². The van der Waals surface area contributed by atoms with Gasteiger partial charge in [-0.05, 0) is 109 Å². The van der Waals surface area contributed by atoms with Crippen molar-refractivity contribution in [2.45, 2.75) is 88.4 Å². The van der Waals surface area contributed by atoms with Crippen LogP contribution >= 0.6 is 21.6 Å². The van der Waals surface area contributed by atoms with E-state index in [0.29, 0.717) is 112 Å². The predicted molar refractivity (Wildman–Crippen MR) is 327 cm³/mol. The van der Waals surface area contributed by atoms with Crippen molar-refractivity contribution < 1.29 is 55.4 Å². The molecule has 446 valence electrons. The lowest BCUT2D eigenvalue weighted by Gasteiger charge is -2.36. The molecule has 5 aromatic rings. The van der Waals surface area contributed by atoms with Crippen molar-refractivity contribution in [3.8, 4) is 17.2 Å². The summed E-state index contributed by atoms with van der Waals surface area (Å²) in [6, 6.07) is 30.5. The Morgan fingerprint density at radius 1 is 0.771 bits per heavy atom. The molecule has 0 bridgehead atoms. The maximum Gasteiger partial charge on any atom is 0.277 e. The molecule has 0 fully saturated rings. The third kappa shape index (κ3) is 14.9. The fraction of sp³-hybridized carbons (Fsp3) is 0.468. The molecule has 4 heterocycles. The molecule has 4 aliphatic heterocycles. The Labute approximate surface area is 496 Å². The third-order valence-electron chi connectivity index (χ3n) is 15.7. The molecule has 0 radical (unpaired) electrons. The summed E-state index contributed by atoms with van der Waals surface area (Å²) in [5.41, 5.74) is 16.5. The number of benzene rings is 5. The average Bonchev–Trinajstić information content (AvgIpc) is 4.00. The Balaban J connectivity index is 0.996. The van der Waals surface area contributed by atoms with Crippen molar-refractivity contribution in [3.63, 3.8) is 0 Å². The maximum atomic E-state index is 14.4. The molecule has 83 heavy (non-hydrogen) atoms. The van der Waals surface area contributed by atoms with E-state index in [-0.39, 0.29) is 43.5 Å². The molecule has 18 nitrogen and oxygen atoms in total. The second-order valence-corrected chi connectivity index (χ2v) is 27.1. The number of aryl methyl sites for hydroxylation is 1. The van der Waals surface area contributed by atoms with E-state index in [4.69, 9.17) is 38.3 Å². The largest absolute Gasteiger partial charge is 0.493 e. The molecule has 0 saturated carbocycles. The van der Waals surface area contributed by atoms with Gasteiger partial charge in [0, 0.05) is 81.7 Å². The number of nitrogens with two attached hydrogens (primary N) is 1. The number of likely N-dealkylation sites (N-methyl/N-ethyl adjacent to an activating group) is 1. The zero-order valence-corrected chi connectivity index (χ0v) is 51.1. The predicted octanol–water partition coefficient (Wildman–Crippen LogP) is 8.08. The van der Waals surface area contributed by atoms with Crippen molar-refractivity contribution in [3.05, 3.63) is 141 Å². The number of methoxy groups -OCH3 is 2. The zero-order chi connectivity index (χ0) is 58.8. The highest BCUT2D eigenvalue weighted by molar-refractivity contribution is 8.77. The Kier molecular flexibility index (Phi) is 20.6. The van der Waals surface area contributed by atoms with Crippen LogP contribution in [0.1, 0.15) is 79.9 Å². The summed E-state index contributed by atoms with van der Waals surface area (Å²) < 4.78 is 66.1. The van der Waals surface area contributed by atoms with Crippen LogP contribution in [-0.4, -0.2) is 158 Å². The van der Waals surface area contributed by atoms with Crippen molar-refractivity contribution in [1.82, 2.24) is 9.80 Å². The molecular weight excluding hydrogens is 1120 g/mol. The van der Waals surface area contributed by atoms with Gasteiger partial charge in [0.1, 0.15) is 24.2 Å². The van der Waals surface area contributed by atoms with E-state index >= 15 is 0 Å². The number of rotatable bonds is 28. The van der Waals surface area contributed by atoms with Crippen LogP contribution in [0.2, 0.25) is 0 Å². The van der Waals surface area contributed by atoms with E-state index in [0.717, 1.165) is 53.6 Å². The van der Waals surface area contributed by atoms with Gasteiger partial charge in [0.2, 0.25) is 0 Å². The van der Waals surface area contributed by atoms with Crippen molar-refractivity contribution >= 4 is 66.4 Å². The molecular formula is C62H78N6O12S3. The van der Waals surface area contributed by atoms with Gasteiger partial charge in [0.15, 0.2) is 17.3 Å². The molecule has 3 atom stereocenters. The Bertz CT molecular complexity index is 3240. The lowest BCUT2D eigenvalue weighted by Crippen LogP contribution is -2.47. The first kappa shape index (κ1) is 61.5. The van der Waals surface area contributed by atoms with E-state index in [1.165, 1.54) is 27.5 Å². The van der Waals surface area contributed by atoms with Crippen LogP contribution in [0.5, 0.6) is 17.2 Å². The van der Waals surface area contributed by atoms with Gasteiger partial charge in [0.25, 0.3) is 21.9 Å². The minimum absolute atomic E-state index is 0.0122. The third-order valence-corrected chi connectivity index (χ3v) is 20.6. The molecule has 21 heteroatoms. The number of hydrogen-bond acceptors (Lipinski definition) is 18. The smallest absolute Gasteiger partial charge is 0.277 e. The number of ether oxygens (including phenoxy) is 6. The summed E-state index contributed by atoms with van der Waals surface area (Å²) in [7, 11) is 5.26. The van der Waals surface area contributed by atoms with E-state index < -0.39 is 32.4 Å². The monoisotopic (exact) mass is 1190 g/mol. The molecule has 0 aliphatic carbocycles. The summed E-state index contributed by atoms with van der Waals surface area (Å²) >= 11 is 0. The topological polar surface area (TPSA) is 201 Å². The number of carbonyl (C=O) groups is 3. The highest BCUT2D eigenvalue weighted by Crippen LogP contribution is 2.41. The van der Waals surface area contributed by atoms with Crippen molar-refractivity contribution in [1.29, 1.82) is 0 Å². The number of hydrogen-bond donors (Lipinski definition) is 2. The van der Waals surface area contributed by atoms with Crippen LogP contribution in [0, 0.1) is 6.92 Å². The molecule has 5 aromatic carbocycles. The molecule has 0 saturated heterocycles. The second kappa shape index (κ2) is 27.8. The highest BCUT2D eigenvalue weighted by Gasteiger charge is 2.38. The Hall–Kier alpha value is -6.04. The fourth-order valence-corrected chi connectivity index (χ4v) is 15.1. The van der Waals surface area contributed by atoms with E-state index in [2.05, 4.69) is 77.5 Å². The number of amides is 2. The number of anilines is 3. The number of nitrogens with zero attached hydrogens (tertiary/aromatic N) is 4. The summed E-state index contributed by atoms with van der Waals surface area (Å²) in [5.74, 6) is 1.27. The molecule has 9 rings (SSSR count). The van der Waals surface area contributed by atoms with Gasteiger partial charge in [0.05, 0.1) is 88.4 Å². The number of ketones is 1. The van der Waals surface area contributed by atoms with E-state index in [9.17, 15) is 22.8 Å². The minimum atomic E-state index is -4.12. The van der Waals surface area contributed by atoms with Crippen LogP contribution in [-0.2, 0) is 72.5 Å². The number of Topliss-reactive ketones (excluding diaryl/α,β-unsaturated/α-hetero) is 1. The summed E-state index contributed by atoms with van der Waals surface area (Å²) in [4.78, 5) is 49.7. The molecule has 2 amide bonds. The fourth-order valence-electron chi connectivity index (χ4n) is 11.3. The van der Waals surface area contributed by atoms with Gasteiger partial charge >= 0.3 is 0 Å². The molecule has 4 aliphatic rings. The Morgan fingerprint density at radius 2 is 1.39 bits per heavy atom. The number of carbonyl (C=O) groups excluding carboxylic acids is 3. The van der Waals surface area contributed by atoms with Gasteiger partial charge in [-0.25, -0.2) is 0 Å². The summed E-state index contributed by atoms with van der Waals surface area (Å²) in [5, 5.41) is 2.21. The first-order valence-electron chi connectivity index (χ1n) is 28.2. The standard InChI is InChI=1S/C62H78N6O12S3/c1-41-24-52-54(65(4)37-50-29-45-13-9-11-15-47(45)36-68(50)61(52)71)32-56(41)79-38-42-25-43(39-80-58-31-53-51(30-57(58)75-6)60(70)67-35-46-14-10-8-12-44(46)28-49(67)34-64-53)27-48(26-42)66(17-18-77-21-22-78-20-19-74-5)40-62(2,3)82-81-23-16-59(55(69)33-63)83(72,73)76-7/h8-15,24-27,30-32,49-50,59,64H,16-23,28-29,33-40,63H2,1-7H3/t49-,50-,59?/m0/s1. The van der Waals surface area contributed by atoms with Gasteiger partial charge in [-0.1, -0.05) is 70.1 Å². The zero-order valence-electron chi connectivity index (χ0n) is 48.6. The highest BCUT2D eigenvalue weighted by atomic mass is 33.1. The van der Waals surface area contributed by atoms with Crippen LogP contribution in [0.4, 0.5) is 17.1 Å². The van der Waals surface area contributed by atoms with E-state index in [1.54, 1.807) is 31.1 Å².